The molecule has 0 atom stereocenters. The number of aryl methyl sites for hydroxylation is 4. The van der Waals surface area contributed by atoms with Crippen molar-refractivity contribution in [2.45, 2.75) is 33.7 Å². The van der Waals surface area contributed by atoms with Gasteiger partial charge in [0.1, 0.15) is 6.07 Å². The van der Waals surface area contributed by atoms with Gasteiger partial charge in [-0.1, -0.05) is 6.92 Å². The number of aromatic nitrogens is 3. The zero-order chi connectivity index (χ0) is 14.7. The highest BCUT2D eigenvalue weighted by atomic mass is 15.3. The second-order valence-electron chi connectivity index (χ2n) is 4.87. The molecule has 5 nitrogen and oxygen atoms in total. The summed E-state index contributed by atoms with van der Waals surface area (Å²) in [6.45, 7) is 6.54. The van der Waals surface area contributed by atoms with Gasteiger partial charge in [0.15, 0.2) is 0 Å². The van der Waals surface area contributed by atoms with E-state index in [1.807, 2.05) is 37.8 Å². The molecule has 0 amide bonds. The Balaban J connectivity index is 2.25. The largest absolute Gasteiger partial charge is 0.380 e. The Hall–Kier alpha value is -2.35. The molecule has 2 heterocycles. The fraction of sp³-hybridized carbons (Fsp3) is 0.400. The topological polar surface area (TPSA) is 66.5 Å². The molecule has 0 aliphatic carbocycles. The van der Waals surface area contributed by atoms with Gasteiger partial charge in [0.25, 0.3) is 0 Å². The van der Waals surface area contributed by atoms with Gasteiger partial charge in [-0.3, -0.25) is 9.67 Å². The van der Waals surface area contributed by atoms with Gasteiger partial charge in [0, 0.05) is 31.0 Å². The lowest BCUT2D eigenvalue weighted by atomic mass is 10.1. The van der Waals surface area contributed by atoms with E-state index < -0.39 is 0 Å². The zero-order valence-corrected chi connectivity index (χ0v) is 12.4. The lowest BCUT2D eigenvalue weighted by Gasteiger charge is -2.10. The van der Waals surface area contributed by atoms with Crippen LogP contribution in [-0.2, 0) is 20.0 Å². The molecule has 5 heteroatoms. The van der Waals surface area contributed by atoms with E-state index >= 15 is 0 Å². The minimum atomic E-state index is 0.609. The maximum atomic E-state index is 9.25. The molecule has 1 N–H and O–H groups in total. The average molecular weight is 269 g/mol. The summed E-state index contributed by atoms with van der Waals surface area (Å²) >= 11 is 0. The predicted octanol–water partition coefficient (Wildman–Crippen LogP) is 2.48. The van der Waals surface area contributed by atoms with Gasteiger partial charge in [0.2, 0.25) is 0 Å². The van der Waals surface area contributed by atoms with Gasteiger partial charge in [-0.15, -0.1) is 0 Å². The molecule has 0 spiro atoms. The number of nitrogens with zero attached hydrogens (tertiary/aromatic N) is 4. The Morgan fingerprint density at radius 1 is 1.40 bits per heavy atom. The normalized spacial score (nSPS) is 10.3. The van der Waals surface area contributed by atoms with Crippen molar-refractivity contribution in [3.8, 4) is 6.07 Å². The van der Waals surface area contributed by atoms with Crippen LogP contribution >= 0.6 is 0 Å². The fourth-order valence-electron chi connectivity index (χ4n) is 2.33. The van der Waals surface area contributed by atoms with Crippen LogP contribution in [-0.4, -0.2) is 14.8 Å². The molecule has 0 saturated heterocycles. The molecule has 2 aromatic heterocycles. The lowest BCUT2D eigenvalue weighted by Crippen LogP contribution is -2.05. The molecule has 0 aromatic carbocycles. The summed E-state index contributed by atoms with van der Waals surface area (Å²) in [4.78, 5) is 4.32. The van der Waals surface area contributed by atoms with Crippen molar-refractivity contribution in [3.05, 3.63) is 40.5 Å². The highest BCUT2D eigenvalue weighted by Crippen LogP contribution is 2.20. The second-order valence-corrected chi connectivity index (χ2v) is 4.87. The Kier molecular flexibility index (Phi) is 4.04. The van der Waals surface area contributed by atoms with Crippen molar-refractivity contribution < 1.29 is 0 Å². The number of hydrogen-bond donors (Lipinski definition) is 1. The second kappa shape index (κ2) is 5.74. The first-order valence-corrected chi connectivity index (χ1v) is 6.68. The SMILES string of the molecule is CCc1nn(C)cc1CNc1cc(C)nc(C)c1C#N. The summed E-state index contributed by atoms with van der Waals surface area (Å²) in [5.41, 5.74) is 5.36. The number of pyridine rings is 1. The smallest absolute Gasteiger partial charge is 0.103 e. The third-order valence-corrected chi connectivity index (χ3v) is 3.24. The van der Waals surface area contributed by atoms with Crippen LogP contribution in [0.25, 0.3) is 0 Å². The first-order chi connectivity index (χ1) is 9.55. The number of nitriles is 1. The number of nitrogens with one attached hydrogen (secondary N) is 1. The number of hydrogen-bond acceptors (Lipinski definition) is 4. The minimum absolute atomic E-state index is 0.609. The van der Waals surface area contributed by atoms with Crippen molar-refractivity contribution >= 4 is 5.69 Å². The molecule has 0 aliphatic heterocycles. The van der Waals surface area contributed by atoms with E-state index in [1.165, 1.54) is 0 Å². The maximum absolute atomic E-state index is 9.25. The summed E-state index contributed by atoms with van der Waals surface area (Å²) in [5.74, 6) is 0. The molecule has 2 aromatic rings. The third-order valence-electron chi connectivity index (χ3n) is 3.24. The molecule has 20 heavy (non-hydrogen) atoms. The summed E-state index contributed by atoms with van der Waals surface area (Å²) in [7, 11) is 1.92. The first kappa shape index (κ1) is 14.1. The van der Waals surface area contributed by atoms with E-state index in [9.17, 15) is 5.26 Å². The Morgan fingerprint density at radius 2 is 2.15 bits per heavy atom. The van der Waals surface area contributed by atoms with E-state index in [0.29, 0.717) is 12.1 Å². The third kappa shape index (κ3) is 2.80. The van der Waals surface area contributed by atoms with Crippen LogP contribution in [0.4, 0.5) is 5.69 Å². The van der Waals surface area contributed by atoms with Crippen molar-refractivity contribution in [1.82, 2.24) is 14.8 Å². The van der Waals surface area contributed by atoms with E-state index in [1.54, 1.807) is 0 Å². The minimum Gasteiger partial charge on any atom is -0.380 e. The average Bonchev–Trinajstić information content (AvgIpc) is 2.76. The van der Waals surface area contributed by atoms with Crippen molar-refractivity contribution in [2.75, 3.05) is 5.32 Å². The fourth-order valence-corrected chi connectivity index (χ4v) is 2.33. The summed E-state index contributed by atoms with van der Waals surface area (Å²) < 4.78 is 1.82. The van der Waals surface area contributed by atoms with E-state index in [-0.39, 0.29) is 0 Å². The molecule has 2 rings (SSSR count). The maximum Gasteiger partial charge on any atom is 0.103 e. The number of anilines is 1. The quantitative estimate of drug-likeness (QED) is 0.926. The summed E-state index contributed by atoms with van der Waals surface area (Å²) in [6, 6.07) is 4.13. The molecule has 0 saturated carbocycles. The van der Waals surface area contributed by atoms with E-state index in [0.717, 1.165) is 34.8 Å². The molecule has 0 fully saturated rings. The van der Waals surface area contributed by atoms with Crippen LogP contribution in [0, 0.1) is 25.2 Å². The monoisotopic (exact) mass is 269 g/mol. The Labute approximate surface area is 119 Å². The summed E-state index contributed by atoms with van der Waals surface area (Å²) in [5, 5.41) is 17.0. The van der Waals surface area contributed by atoms with E-state index in [4.69, 9.17) is 0 Å². The lowest BCUT2D eigenvalue weighted by molar-refractivity contribution is 0.746. The molecule has 0 radical (unpaired) electrons. The van der Waals surface area contributed by atoms with Crippen molar-refractivity contribution in [1.29, 1.82) is 5.26 Å². The van der Waals surface area contributed by atoms with Crippen LogP contribution in [0.1, 0.15) is 35.1 Å². The number of rotatable bonds is 4. The molecule has 104 valence electrons. The molecular formula is C15H19N5. The van der Waals surface area contributed by atoms with Crippen LogP contribution in [0.3, 0.4) is 0 Å². The predicted molar refractivity (Wildman–Crippen MR) is 78.3 cm³/mol. The molecular weight excluding hydrogens is 250 g/mol. The summed E-state index contributed by atoms with van der Waals surface area (Å²) in [6.07, 6.45) is 2.91. The van der Waals surface area contributed by atoms with Gasteiger partial charge in [0.05, 0.1) is 22.6 Å². The van der Waals surface area contributed by atoms with Crippen LogP contribution in [0.2, 0.25) is 0 Å². The Bertz CT molecular complexity index is 664. The van der Waals surface area contributed by atoms with Gasteiger partial charge < -0.3 is 5.32 Å². The zero-order valence-electron chi connectivity index (χ0n) is 12.4. The highest BCUT2D eigenvalue weighted by molar-refractivity contribution is 5.60. The standard InChI is InChI=1S/C15H19N5/c1-5-14-12(9-20(4)19-14)8-17-15-6-10(2)18-11(3)13(15)7-16/h6,9H,5,8H2,1-4H3,(H,17,18). The van der Waals surface area contributed by atoms with Crippen LogP contribution in [0.15, 0.2) is 12.3 Å². The van der Waals surface area contributed by atoms with Gasteiger partial charge >= 0.3 is 0 Å². The van der Waals surface area contributed by atoms with Crippen molar-refractivity contribution in [3.63, 3.8) is 0 Å². The van der Waals surface area contributed by atoms with Gasteiger partial charge in [-0.25, -0.2) is 0 Å². The highest BCUT2D eigenvalue weighted by Gasteiger charge is 2.10. The van der Waals surface area contributed by atoms with E-state index in [2.05, 4.69) is 28.4 Å². The molecule has 0 bridgehead atoms. The van der Waals surface area contributed by atoms with Crippen molar-refractivity contribution in [2.24, 2.45) is 7.05 Å². The molecule has 0 unspecified atom stereocenters. The van der Waals surface area contributed by atoms with Gasteiger partial charge in [-0.2, -0.15) is 10.4 Å². The van der Waals surface area contributed by atoms with Crippen LogP contribution in [0.5, 0.6) is 0 Å². The van der Waals surface area contributed by atoms with Crippen LogP contribution < -0.4 is 5.32 Å². The molecule has 0 aliphatic rings. The first-order valence-electron chi connectivity index (χ1n) is 6.68. The van der Waals surface area contributed by atoms with Gasteiger partial charge in [-0.05, 0) is 26.3 Å². The Morgan fingerprint density at radius 3 is 2.80 bits per heavy atom.